The first-order chi connectivity index (χ1) is 12.2. The lowest BCUT2D eigenvalue weighted by molar-refractivity contribution is -0.923. The zero-order valence-electron chi connectivity index (χ0n) is 16.9. The number of aliphatic hydroxyl groups excluding tert-OH is 1. The second-order valence-electron chi connectivity index (χ2n) is 7.97. The minimum atomic E-state index is 0.279. The number of rotatable bonds is 16. The van der Waals surface area contributed by atoms with Crippen molar-refractivity contribution >= 4 is 0 Å². The van der Waals surface area contributed by atoms with Gasteiger partial charge in [0.15, 0.2) is 0 Å². The molecule has 0 fully saturated rings. The summed E-state index contributed by atoms with van der Waals surface area (Å²) in [5.41, 5.74) is 1.38. The lowest BCUT2D eigenvalue weighted by Gasteiger charge is -2.34. The molecule has 1 atom stereocenters. The molecule has 2 nitrogen and oxygen atoms in total. The minimum Gasteiger partial charge on any atom is -0.391 e. The molecule has 0 amide bonds. The summed E-state index contributed by atoms with van der Waals surface area (Å²) in [6.07, 6.45) is 15.3. The van der Waals surface area contributed by atoms with Gasteiger partial charge in [0.25, 0.3) is 0 Å². The van der Waals surface area contributed by atoms with Crippen molar-refractivity contribution in [2.24, 2.45) is 0 Å². The van der Waals surface area contributed by atoms with Gasteiger partial charge in [0.2, 0.25) is 0 Å². The van der Waals surface area contributed by atoms with Gasteiger partial charge in [-0.2, -0.15) is 0 Å². The van der Waals surface area contributed by atoms with E-state index in [9.17, 15) is 5.11 Å². The van der Waals surface area contributed by atoms with Crippen LogP contribution in [0.1, 0.15) is 83.1 Å². The molecule has 0 heterocycles. The summed E-state index contributed by atoms with van der Waals surface area (Å²) in [6, 6.07) is 10.7. The molecule has 144 valence electrons. The average Bonchev–Trinajstić information content (AvgIpc) is 2.61. The van der Waals surface area contributed by atoms with E-state index in [2.05, 4.69) is 44.3 Å². The van der Waals surface area contributed by atoms with Crippen molar-refractivity contribution in [2.75, 3.05) is 26.7 Å². The summed E-state index contributed by atoms with van der Waals surface area (Å²) in [5, 5.41) is 9.44. The highest BCUT2D eigenvalue weighted by atomic mass is 16.3. The lowest BCUT2D eigenvalue weighted by atomic mass is 10.1. The fourth-order valence-electron chi connectivity index (χ4n) is 3.69. The highest BCUT2D eigenvalue weighted by Gasteiger charge is 2.20. The highest BCUT2D eigenvalue weighted by molar-refractivity contribution is 5.13. The number of benzene rings is 1. The number of likely N-dealkylation sites (N-methyl/N-ethyl adjacent to an activating group) is 1. The Morgan fingerprint density at radius 2 is 1.24 bits per heavy atom. The summed E-state index contributed by atoms with van der Waals surface area (Å²) < 4.78 is 0.956. The number of unbranched alkanes of at least 4 members (excludes halogenated alkanes) is 10. The molecule has 1 N–H and O–H groups in total. The zero-order chi connectivity index (χ0) is 18.2. The van der Waals surface area contributed by atoms with E-state index in [1.165, 1.54) is 82.7 Å². The van der Waals surface area contributed by atoms with Crippen molar-refractivity contribution in [1.82, 2.24) is 0 Å². The normalized spacial score (nSPS) is 13.7. The van der Waals surface area contributed by atoms with Crippen molar-refractivity contribution in [2.45, 2.75) is 84.1 Å². The van der Waals surface area contributed by atoms with Gasteiger partial charge in [0, 0.05) is 5.56 Å². The SMILES string of the molecule is CCCCCCCCCCCCC[N+](C)(CCO)Cc1ccccc1. The molecule has 0 radical (unpaired) electrons. The standard InChI is InChI=1S/C23H42NO/c1-3-4-5-6-7-8-9-10-11-12-16-19-24(2,20-21-25)22-23-17-14-13-15-18-23/h13-15,17-18,25H,3-12,16,19-22H2,1-2H3/q+1. The summed E-state index contributed by atoms with van der Waals surface area (Å²) in [4.78, 5) is 0. The van der Waals surface area contributed by atoms with E-state index in [1.807, 2.05) is 0 Å². The quantitative estimate of drug-likeness (QED) is 0.290. The van der Waals surface area contributed by atoms with Gasteiger partial charge in [0.1, 0.15) is 13.1 Å². The molecular weight excluding hydrogens is 306 g/mol. The number of hydrogen-bond donors (Lipinski definition) is 1. The predicted molar refractivity (Wildman–Crippen MR) is 110 cm³/mol. The van der Waals surface area contributed by atoms with Gasteiger partial charge in [0.05, 0.1) is 20.2 Å². The molecule has 0 saturated heterocycles. The molecule has 1 aromatic carbocycles. The van der Waals surface area contributed by atoms with Crippen LogP contribution in [0.5, 0.6) is 0 Å². The lowest BCUT2D eigenvalue weighted by Crippen LogP contribution is -2.46. The molecule has 0 bridgehead atoms. The molecule has 0 aliphatic rings. The number of aliphatic hydroxyl groups is 1. The average molecular weight is 349 g/mol. The van der Waals surface area contributed by atoms with Gasteiger partial charge < -0.3 is 9.59 Å². The topological polar surface area (TPSA) is 20.2 Å². The molecular formula is C23H42NO+. The van der Waals surface area contributed by atoms with Crippen LogP contribution >= 0.6 is 0 Å². The largest absolute Gasteiger partial charge is 0.391 e. The molecule has 0 aliphatic heterocycles. The summed E-state index contributed by atoms with van der Waals surface area (Å²) >= 11 is 0. The summed E-state index contributed by atoms with van der Waals surface area (Å²) in [5.74, 6) is 0. The van der Waals surface area contributed by atoms with Gasteiger partial charge in [-0.1, -0.05) is 95.0 Å². The minimum absolute atomic E-state index is 0.279. The Hall–Kier alpha value is -0.860. The van der Waals surface area contributed by atoms with Crippen LogP contribution in [0.2, 0.25) is 0 Å². The van der Waals surface area contributed by atoms with Gasteiger partial charge in [-0.05, 0) is 12.8 Å². The van der Waals surface area contributed by atoms with Crippen LogP contribution in [0, 0.1) is 0 Å². The van der Waals surface area contributed by atoms with Crippen LogP contribution in [-0.4, -0.2) is 36.3 Å². The maximum atomic E-state index is 9.44. The van der Waals surface area contributed by atoms with Crippen LogP contribution in [-0.2, 0) is 6.54 Å². The van der Waals surface area contributed by atoms with Gasteiger partial charge in [-0.3, -0.25) is 0 Å². The van der Waals surface area contributed by atoms with E-state index < -0.39 is 0 Å². The molecule has 0 saturated carbocycles. The maximum Gasteiger partial charge on any atom is 0.104 e. The summed E-state index contributed by atoms with van der Waals surface area (Å²) in [7, 11) is 2.29. The number of nitrogens with zero attached hydrogens (tertiary/aromatic N) is 1. The third-order valence-corrected chi connectivity index (χ3v) is 5.35. The van der Waals surface area contributed by atoms with E-state index >= 15 is 0 Å². The Labute approximate surface area is 156 Å². The molecule has 0 aliphatic carbocycles. The van der Waals surface area contributed by atoms with E-state index in [0.717, 1.165) is 17.6 Å². The molecule has 25 heavy (non-hydrogen) atoms. The van der Waals surface area contributed by atoms with Gasteiger partial charge >= 0.3 is 0 Å². The van der Waals surface area contributed by atoms with Crippen LogP contribution in [0.3, 0.4) is 0 Å². The second kappa shape index (κ2) is 14.3. The Balaban J connectivity index is 2.10. The first-order valence-electron chi connectivity index (χ1n) is 10.7. The van der Waals surface area contributed by atoms with E-state index in [1.54, 1.807) is 0 Å². The third kappa shape index (κ3) is 11.4. The van der Waals surface area contributed by atoms with Crippen LogP contribution in [0.4, 0.5) is 0 Å². The van der Waals surface area contributed by atoms with Crippen molar-refractivity contribution in [3.8, 4) is 0 Å². The first kappa shape index (κ1) is 22.2. The van der Waals surface area contributed by atoms with Crippen LogP contribution in [0.25, 0.3) is 0 Å². The smallest absolute Gasteiger partial charge is 0.104 e. The Morgan fingerprint density at radius 1 is 0.720 bits per heavy atom. The molecule has 0 aromatic heterocycles. The number of quaternary nitrogens is 1. The third-order valence-electron chi connectivity index (χ3n) is 5.35. The van der Waals surface area contributed by atoms with Crippen molar-refractivity contribution in [3.05, 3.63) is 35.9 Å². The predicted octanol–water partition coefficient (Wildman–Crippen LogP) is 5.94. The zero-order valence-corrected chi connectivity index (χ0v) is 16.9. The Morgan fingerprint density at radius 3 is 1.76 bits per heavy atom. The molecule has 1 unspecified atom stereocenters. The van der Waals surface area contributed by atoms with Crippen molar-refractivity contribution < 1.29 is 9.59 Å². The Bertz CT molecular complexity index is 406. The maximum absolute atomic E-state index is 9.44. The Kier molecular flexibility index (Phi) is 12.7. The highest BCUT2D eigenvalue weighted by Crippen LogP contribution is 2.15. The summed E-state index contributed by atoms with van der Waals surface area (Å²) in [6.45, 7) is 5.61. The van der Waals surface area contributed by atoms with E-state index in [4.69, 9.17) is 0 Å². The molecule has 0 spiro atoms. The number of hydrogen-bond acceptors (Lipinski definition) is 1. The molecule has 2 heteroatoms. The molecule has 1 aromatic rings. The first-order valence-corrected chi connectivity index (χ1v) is 10.7. The fourth-order valence-corrected chi connectivity index (χ4v) is 3.69. The van der Waals surface area contributed by atoms with E-state index in [-0.39, 0.29) is 6.61 Å². The van der Waals surface area contributed by atoms with Crippen molar-refractivity contribution in [1.29, 1.82) is 0 Å². The fraction of sp³-hybridized carbons (Fsp3) is 0.739. The van der Waals surface area contributed by atoms with Crippen molar-refractivity contribution in [3.63, 3.8) is 0 Å². The molecule has 1 rings (SSSR count). The van der Waals surface area contributed by atoms with Gasteiger partial charge in [-0.15, -0.1) is 0 Å². The monoisotopic (exact) mass is 348 g/mol. The van der Waals surface area contributed by atoms with Crippen LogP contribution < -0.4 is 0 Å². The van der Waals surface area contributed by atoms with Gasteiger partial charge in [-0.25, -0.2) is 0 Å². The van der Waals surface area contributed by atoms with Crippen LogP contribution in [0.15, 0.2) is 30.3 Å². The second-order valence-corrected chi connectivity index (χ2v) is 7.97. The van der Waals surface area contributed by atoms with E-state index in [0.29, 0.717) is 0 Å².